The fourth-order valence-electron chi connectivity index (χ4n) is 5.77. The van der Waals surface area contributed by atoms with Crippen LogP contribution in [-0.4, -0.2) is 49.1 Å². The second-order valence-electron chi connectivity index (χ2n) is 8.14. The Hall–Kier alpha value is -2.34. The van der Waals surface area contributed by atoms with Gasteiger partial charge in [0.05, 0.1) is 30.5 Å². The van der Waals surface area contributed by atoms with Crippen LogP contribution in [0.4, 0.5) is 5.69 Å². The van der Waals surface area contributed by atoms with E-state index in [1.807, 2.05) is 18.2 Å². The number of rotatable bonds is 1. The number of esters is 1. The third kappa shape index (κ3) is 2.16. The average molecular weight is 368 g/mol. The standard InChI is InChI=1S/C21H24N2O4/c1-12-14-10-23-8-7-21(16-5-3-4-6-17(16)22-20(21)25)18(23)9-13(14)15(11-27-12)19(24)26-2/h3-6,11-14,18H,7-10H2,1-2H3,(H,22,25)/t12-,13-,14-,18?,21?/m0/s1. The normalized spacial score (nSPS) is 37.0. The van der Waals surface area contributed by atoms with Crippen LogP contribution in [0.5, 0.6) is 0 Å². The van der Waals surface area contributed by atoms with Gasteiger partial charge in [0.25, 0.3) is 0 Å². The van der Waals surface area contributed by atoms with Gasteiger partial charge in [0.2, 0.25) is 5.91 Å². The van der Waals surface area contributed by atoms with Crippen molar-refractivity contribution in [2.45, 2.75) is 37.3 Å². The third-order valence-corrected chi connectivity index (χ3v) is 7.14. The Morgan fingerprint density at radius 2 is 2.19 bits per heavy atom. The highest BCUT2D eigenvalue weighted by Crippen LogP contribution is 2.53. The zero-order valence-electron chi connectivity index (χ0n) is 15.6. The molecular formula is C21H24N2O4. The maximum atomic E-state index is 13.1. The number of nitrogens with one attached hydrogen (secondary N) is 1. The molecule has 0 bridgehead atoms. The first-order valence-electron chi connectivity index (χ1n) is 9.65. The molecule has 0 aromatic heterocycles. The van der Waals surface area contributed by atoms with E-state index in [-0.39, 0.29) is 35.9 Å². The van der Waals surface area contributed by atoms with Gasteiger partial charge < -0.3 is 14.8 Å². The van der Waals surface area contributed by atoms with E-state index in [1.54, 1.807) is 6.26 Å². The predicted molar refractivity (Wildman–Crippen MR) is 99.0 cm³/mol. The van der Waals surface area contributed by atoms with E-state index in [1.165, 1.54) is 7.11 Å². The molecular weight excluding hydrogens is 344 g/mol. The first kappa shape index (κ1) is 16.8. The smallest absolute Gasteiger partial charge is 0.337 e. The first-order chi connectivity index (χ1) is 13.1. The Kier molecular flexibility index (Phi) is 3.63. The van der Waals surface area contributed by atoms with E-state index in [0.717, 1.165) is 37.2 Å². The van der Waals surface area contributed by atoms with Gasteiger partial charge in [-0.1, -0.05) is 18.2 Å². The number of ether oxygens (including phenoxy) is 2. The lowest BCUT2D eigenvalue weighted by molar-refractivity contribution is -0.139. The van der Waals surface area contributed by atoms with Crippen LogP contribution in [-0.2, 0) is 24.5 Å². The van der Waals surface area contributed by atoms with Gasteiger partial charge in [0.1, 0.15) is 0 Å². The number of carbonyl (C=O) groups excluding carboxylic acids is 2. The summed E-state index contributed by atoms with van der Waals surface area (Å²) in [6, 6.07) is 8.10. The highest BCUT2D eigenvalue weighted by molar-refractivity contribution is 6.07. The molecule has 2 fully saturated rings. The van der Waals surface area contributed by atoms with E-state index < -0.39 is 5.41 Å². The molecule has 6 nitrogen and oxygen atoms in total. The molecule has 2 unspecified atom stereocenters. The summed E-state index contributed by atoms with van der Waals surface area (Å²) in [6.45, 7) is 3.79. The third-order valence-electron chi connectivity index (χ3n) is 7.14. The zero-order chi connectivity index (χ0) is 18.8. The highest BCUT2D eigenvalue weighted by atomic mass is 16.5. The fraction of sp³-hybridized carbons (Fsp3) is 0.524. The van der Waals surface area contributed by atoms with E-state index in [9.17, 15) is 9.59 Å². The number of carbonyl (C=O) groups is 2. The Balaban J connectivity index is 1.55. The monoisotopic (exact) mass is 368 g/mol. The number of hydrogen-bond donors (Lipinski definition) is 1. The lowest BCUT2D eigenvalue weighted by Gasteiger charge is -2.48. The van der Waals surface area contributed by atoms with Crippen LogP contribution < -0.4 is 5.32 Å². The largest absolute Gasteiger partial charge is 0.497 e. The molecule has 5 rings (SSSR count). The lowest BCUT2D eigenvalue weighted by atomic mass is 9.66. The topological polar surface area (TPSA) is 67.9 Å². The van der Waals surface area contributed by atoms with Crippen molar-refractivity contribution in [1.29, 1.82) is 0 Å². The summed E-state index contributed by atoms with van der Waals surface area (Å²) < 4.78 is 10.8. The first-order valence-corrected chi connectivity index (χ1v) is 9.65. The van der Waals surface area contributed by atoms with E-state index in [4.69, 9.17) is 9.47 Å². The van der Waals surface area contributed by atoms with Crippen molar-refractivity contribution in [2.24, 2.45) is 11.8 Å². The summed E-state index contributed by atoms with van der Waals surface area (Å²) in [5, 5.41) is 3.09. The van der Waals surface area contributed by atoms with Crippen molar-refractivity contribution in [1.82, 2.24) is 4.90 Å². The molecule has 142 valence electrons. The van der Waals surface area contributed by atoms with Crippen molar-refractivity contribution in [3.05, 3.63) is 41.7 Å². The van der Waals surface area contributed by atoms with Crippen LogP contribution in [0, 0.1) is 11.8 Å². The van der Waals surface area contributed by atoms with Gasteiger partial charge in [0, 0.05) is 30.1 Å². The molecule has 1 amide bonds. The maximum Gasteiger partial charge on any atom is 0.337 e. The molecule has 4 aliphatic heterocycles. The van der Waals surface area contributed by atoms with Crippen molar-refractivity contribution in [2.75, 3.05) is 25.5 Å². The minimum absolute atomic E-state index is 0.0468. The summed E-state index contributed by atoms with van der Waals surface area (Å²) in [6.07, 6.45) is 3.20. The molecule has 1 aromatic carbocycles. The fourth-order valence-corrected chi connectivity index (χ4v) is 5.77. The summed E-state index contributed by atoms with van der Waals surface area (Å²) in [4.78, 5) is 27.9. The van der Waals surface area contributed by atoms with Crippen LogP contribution in [0.15, 0.2) is 36.1 Å². The molecule has 2 saturated heterocycles. The minimum atomic E-state index is -0.523. The number of benzene rings is 1. The van der Waals surface area contributed by atoms with Gasteiger partial charge in [-0.05, 0) is 37.9 Å². The molecule has 0 radical (unpaired) electrons. The van der Waals surface area contributed by atoms with Crippen LogP contribution in [0.25, 0.3) is 0 Å². The van der Waals surface area contributed by atoms with Crippen LogP contribution in [0.1, 0.15) is 25.3 Å². The minimum Gasteiger partial charge on any atom is -0.497 e. The Morgan fingerprint density at radius 3 is 3.00 bits per heavy atom. The summed E-state index contributed by atoms with van der Waals surface area (Å²) in [7, 11) is 1.41. The SMILES string of the molecule is COC(=O)C1=CO[C@@H](C)[C@@H]2CN3CCC4(C(=O)Nc5ccccc54)C3C[C@H]12. The van der Waals surface area contributed by atoms with Crippen LogP contribution >= 0.6 is 0 Å². The van der Waals surface area contributed by atoms with Crippen LogP contribution in [0.3, 0.4) is 0 Å². The number of para-hydroxylation sites is 1. The molecule has 5 atom stereocenters. The molecule has 4 heterocycles. The number of nitrogens with zero attached hydrogens (tertiary/aromatic N) is 1. The predicted octanol–water partition coefficient (Wildman–Crippen LogP) is 2.06. The average Bonchev–Trinajstić information content (AvgIpc) is 3.20. The molecule has 1 spiro atoms. The molecule has 1 N–H and O–H groups in total. The number of anilines is 1. The summed E-state index contributed by atoms with van der Waals surface area (Å²) in [5.41, 5.74) is 2.11. The van der Waals surface area contributed by atoms with E-state index in [0.29, 0.717) is 5.57 Å². The second-order valence-corrected chi connectivity index (χ2v) is 8.14. The number of fused-ring (bicyclic) bond motifs is 5. The molecule has 4 aliphatic rings. The van der Waals surface area contributed by atoms with Crippen molar-refractivity contribution in [3.8, 4) is 0 Å². The van der Waals surface area contributed by atoms with Crippen LogP contribution in [0.2, 0.25) is 0 Å². The van der Waals surface area contributed by atoms with Gasteiger partial charge in [-0.2, -0.15) is 0 Å². The van der Waals surface area contributed by atoms with E-state index in [2.05, 4.69) is 23.2 Å². The molecule has 0 aliphatic carbocycles. The summed E-state index contributed by atoms with van der Waals surface area (Å²) in [5.74, 6) is 0.0558. The van der Waals surface area contributed by atoms with Crippen molar-refractivity contribution in [3.63, 3.8) is 0 Å². The quantitative estimate of drug-likeness (QED) is 0.769. The second kappa shape index (κ2) is 5.83. The Bertz CT molecular complexity index is 850. The van der Waals surface area contributed by atoms with Gasteiger partial charge in [-0.25, -0.2) is 4.79 Å². The number of methoxy groups -OCH3 is 1. The van der Waals surface area contributed by atoms with E-state index >= 15 is 0 Å². The van der Waals surface area contributed by atoms with Gasteiger partial charge >= 0.3 is 5.97 Å². The maximum absolute atomic E-state index is 13.1. The molecule has 6 heteroatoms. The van der Waals surface area contributed by atoms with Gasteiger partial charge in [-0.3, -0.25) is 9.69 Å². The van der Waals surface area contributed by atoms with Crippen molar-refractivity contribution >= 4 is 17.6 Å². The zero-order valence-corrected chi connectivity index (χ0v) is 15.6. The van der Waals surface area contributed by atoms with Gasteiger partial charge in [-0.15, -0.1) is 0 Å². The number of amides is 1. The Labute approximate surface area is 158 Å². The summed E-state index contributed by atoms with van der Waals surface area (Å²) >= 11 is 0. The lowest BCUT2D eigenvalue weighted by Crippen LogP contribution is -2.56. The number of hydrogen-bond acceptors (Lipinski definition) is 5. The Morgan fingerprint density at radius 1 is 1.37 bits per heavy atom. The molecule has 0 saturated carbocycles. The van der Waals surface area contributed by atoms with Gasteiger partial charge in [0.15, 0.2) is 0 Å². The highest BCUT2D eigenvalue weighted by Gasteiger charge is 2.61. The molecule has 1 aromatic rings. The van der Waals surface area contributed by atoms with Crippen molar-refractivity contribution < 1.29 is 19.1 Å². The number of piperidine rings is 1. The molecule has 27 heavy (non-hydrogen) atoms.